The molecule has 0 fully saturated rings. The third kappa shape index (κ3) is 5.50. The lowest BCUT2D eigenvalue weighted by Gasteiger charge is -1.97. The number of thiocarbonyl (C=S) groups is 1. The molecule has 0 aromatic carbocycles. The maximum Gasteiger partial charge on any atom is 0.184 e. The second kappa shape index (κ2) is 5.17. The van der Waals surface area contributed by atoms with Crippen molar-refractivity contribution in [2.24, 2.45) is 10.8 Å². The first-order valence-electron chi connectivity index (χ1n) is 3.25. The SMILES string of the molecule is CCC/C(C)=N/NC(N)=S. The van der Waals surface area contributed by atoms with Crippen LogP contribution in [0, 0.1) is 0 Å². The van der Waals surface area contributed by atoms with Gasteiger partial charge in [-0.2, -0.15) is 5.10 Å². The van der Waals surface area contributed by atoms with Gasteiger partial charge in [0.25, 0.3) is 0 Å². The molecule has 0 amide bonds. The van der Waals surface area contributed by atoms with Gasteiger partial charge in [0.1, 0.15) is 0 Å². The van der Waals surface area contributed by atoms with E-state index in [0.717, 1.165) is 18.6 Å². The first-order chi connectivity index (χ1) is 4.66. The molecule has 3 nitrogen and oxygen atoms in total. The van der Waals surface area contributed by atoms with Gasteiger partial charge < -0.3 is 5.73 Å². The molecule has 10 heavy (non-hydrogen) atoms. The Morgan fingerprint density at radius 2 is 2.30 bits per heavy atom. The molecular formula is C6H13N3S. The molecule has 0 aromatic rings. The molecule has 0 aromatic heterocycles. The first kappa shape index (κ1) is 9.36. The van der Waals surface area contributed by atoms with Gasteiger partial charge in [-0.25, -0.2) is 0 Å². The standard InChI is InChI=1S/C6H13N3S/c1-3-4-5(2)8-9-6(7)10/h3-4H2,1-2H3,(H3,7,9,10)/b8-5+. The second-order valence-electron chi connectivity index (χ2n) is 2.07. The molecule has 0 radical (unpaired) electrons. The number of nitrogens with one attached hydrogen (secondary N) is 1. The average Bonchev–Trinajstić information content (AvgIpc) is 1.85. The fourth-order valence-electron chi connectivity index (χ4n) is 0.568. The number of hydrazone groups is 1. The lowest BCUT2D eigenvalue weighted by Crippen LogP contribution is -2.25. The third-order valence-electron chi connectivity index (χ3n) is 0.969. The Bertz CT molecular complexity index is 142. The Hall–Kier alpha value is -0.640. The topological polar surface area (TPSA) is 50.4 Å². The summed E-state index contributed by atoms with van der Waals surface area (Å²) in [4.78, 5) is 0. The van der Waals surface area contributed by atoms with E-state index in [-0.39, 0.29) is 5.11 Å². The van der Waals surface area contributed by atoms with E-state index < -0.39 is 0 Å². The van der Waals surface area contributed by atoms with Gasteiger partial charge in [0.15, 0.2) is 5.11 Å². The highest BCUT2D eigenvalue weighted by Crippen LogP contribution is 1.88. The van der Waals surface area contributed by atoms with E-state index in [9.17, 15) is 0 Å². The van der Waals surface area contributed by atoms with Crippen LogP contribution in [0.15, 0.2) is 5.10 Å². The monoisotopic (exact) mass is 159 g/mol. The van der Waals surface area contributed by atoms with Crippen molar-refractivity contribution in [3.05, 3.63) is 0 Å². The van der Waals surface area contributed by atoms with Crippen molar-refractivity contribution in [1.82, 2.24) is 5.43 Å². The van der Waals surface area contributed by atoms with Gasteiger partial charge in [0.2, 0.25) is 0 Å². The maximum atomic E-state index is 5.15. The highest BCUT2D eigenvalue weighted by molar-refractivity contribution is 7.80. The summed E-state index contributed by atoms with van der Waals surface area (Å²) in [6.07, 6.45) is 2.07. The molecule has 0 rings (SSSR count). The van der Waals surface area contributed by atoms with E-state index in [1.54, 1.807) is 0 Å². The zero-order valence-corrected chi connectivity index (χ0v) is 7.16. The minimum absolute atomic E-state index is 0.218. The van der Waals surface area contributed by atoms with E-state index in [2.05, 4.69) is 29.7 Å². The fourth-order valence-corrected chi connectivity index (χ4v) is 0.614. The molecule has 0 bridgehead atoms. The van der Waals surface area contributed by atoms with Gasteiger partial charge in [0, 0.05) is 5.71 Å². The van der Waals surface area contributed by atoms with Crippen LogP contribution in [0.25, 0.3) is 0 Å². The molecule has 0 unspecified atom stereocenters. The first-order valence-corrected chi connectivity index (χ1v) is 3.66. The smallest absolute Gasteiger partial charge is 0.184 e. The molecule has 0 atom stereocenters. The number of nitrogens with two attached hydrogens (primary N) is 1. The highest BCUT2D eigenvalue weighted by atomic mass is 32.1. The molecule has 0 heterocycles. The van der Waals surface area contributed by atoms with E-state index in [1.807, 2.05) is 6.92 Å². The largest absolute Gasteiger partial charge is 0.375 e. The van der Waals surface area contributed by atoms with Crippen LogP contribution in [0.3, 0.4) is 0 Å². The third-order valence-corrected chi connectivity index (χ3v) is 1.06. The number of hydrogen-bond acceptors (Lipinski definition) is 2. The summed E-state index contributed by atoms with van der Waals surface area (Å²) in [5.41, 5.74) is 8.70. The summed E-state index contributed by atoms with van der Waals surface area (Å²) in [6, 6.07) is 0. The van der Waals surface area contributed by atoms with Crippen LogP contribution in [0.2, 0.25) is 0 Å². The van der Waals surface area contributed by atoms with Gasteiger partial charge in [-0.3, -0.25) is 5.43 Å². The molecular weight excluding hydrogens is 146 g/mol. The average molecular weight is 159 g/mol. The van der Waals surface area contributed by atoms with Gasteiger partial charge in [-0.15, -0.1) is 0 Å². The van der Waals surface area contributed by atoms with Crippen LogP contribution in [-0.2, 0) is 0 Å². The van der Waals surface area contributed by atoms with Crippen molar-refractivity contribution in [2.45, 2.75) is 26.7 Å². The molecule has 0 spiro atoms. The molecule has 3 N–H and O–H groups in total. The van der Waals surface area contributed by atoms with Crippen LogP contribution in [-0.4, -0.2) is 10.8 Å². The van der Waals surface area contributed by atoms with Crippen molar-refractivity contribution >= 4 is 23.0 Å². The summed E-state index contributed by atoms with van der Waals surface area (Å²) in [5.74, 6) is 0. The number of rotatable bonds is 3. The summed E-state index contributed by atoms with van der Waals surface area (Å²) in [6.45, 7) is 4.04. The summed E-state index contributed by atoms with van der Waals surface area (Å²) in [5, 5.41) is 4.13. The molecule has 0 saturated carbocycles. The van der Waals surface area contributed by atoms with Crippen molar-refractivity contribution in [3.8, 4) is 0 Å². The molecule has 4 heteroatoms. The Morgan fingerprint density at radius 1 is 1.70 bits per heavy atom. The highest BCUT2D eigenvalue weighted by Gasteiger charge is 1.87. The van der Waals surface area contributed by atoms with Crippen molar-refractivity contribution < 1.29 is 0 Å². The van der Waals surface area contributed by atoms with Crippen molar-refractivity contribution in [1.29, 1.82) is 0 Å². The second-order valence-corrected chi connectivity index (χ2v) is 2.51. The van der Waals surface area contributed by atoms with Crippen molar-refractivity contribution in [3.63, 3.8) is 0 Å². The van der Waals surface area contributed by atoms with Crippen LogP contribution in [0.4, 0.5) is 0 Å². The maximum absolute atomic E-state index is 5.15. The van der Waals surface area contributed by atoms with Gasteiger partial charge >= 0.3 is 0 Å². The molecule has 0 aliphatic carbocycles. The minimum atomic E-state index is 0.218. The molecule has 0 aliphatic rings. The molecule has 58 valence electrons. The number of hydrogen-bond donors (Lipinski definition) is 2. The summed E-state index contributed by atoms with van der Waals surface area (Å²) >= 11 is 4.56. The lowest BCUT2D eigenvalue weighted by atomic mass is 10.2. The summed E-state index contributed by atoms with van der Waals surface area (Å²) in [7, 11) is 0. The minimum Gasteiger partial charge on any atom is -0.375 e. The predicted molar refractivity (Wildman–Crippen MR) is 47.9 cm³/mol. The zero-order valence-electron chi connectivity index (χ0n) is 6.35. The normalized spacial score (nSPS) is 11.2. The van der Waals surface area contributed by atoms with E-state index in [0.29, 0.717) is 0 Å². The predicted octanol–water partition coefficient (Wildman–Crippen LogP) is 0.996. The molecule has 0 aliphatic heterocycles. The van der Waals surface area contributed by atoms with Crippen LogP contribution < -0.4 is 11.2 Å². The summed E-state index contributed by atoms with van der Waals surface area (Å²) < 4.78 is 0. The Balaban J connectivity index is 3.57. The Kier molecular flexibility index (Phi) is 4.84. The quantitative estimate of drug-likeness (QED) is 0.367. The Labute approximate surface area is 66.7 Å². The lowest BCUT2D eigenvalue weighted by molar-refractivity contribution is 0.946. The zero-order chi connectivity index (χ0) is 7.98. The van der Waals surface area contributed by atoms with Crippen LogP contribution in [0.5, 0.6) is 0 Å². The van der Waals surface area contributed by atoms with E-state index in [4.69, 9.17) is 5.73 Å². The van der Waals surface area contributed by atoms with Gasteiger partial charge in [-0.05, 0) is 25.6 Å². The van der Waals surface area contributed by atoms with Crippen molar-refractivity contribution in [2.75, 3.05) is 0 Å². The van der Waals surface area contributed by atoms with E-state index in [1.165, 1.54) is 0 Å². The van der Waals surface area contributed by atoms with Crippen LogP contribution >= 0.6 is 12.2 Å². The van der Waals surface area contributed by atoms with Crippen LogP contribution in [0.1, 0.15) is 26.7 Å². The van der Waals surface area contributed by atoms with E-state index >= 15 is 0 Å². The van der Waals surface area contributed by atoms with Gasteiger partial charge in [0.05, 0.1) is 0 Å². The Morgan fingerprint density at radius 3 is 2.70 bits per heavy atom. The molecule has 0 saturated heterocycles. The van der Waals surface area contributed by atoms with Gasteiger partial charge in [-0.1, -0.05) is 13.3 Å². The fraction of sp³-hybridized carbons (Fsp3) is 0.667. The number of nitrogens with zero attached hydrogens (tertiary/aromatic N) is 1.